The molecule has 0 radical (unpaired) electrons. The van der Waals surface area contributed by atoms with Crippen molar-refractivity contribution >= 4 is 52.6 Å². The lowest BCUT2D eigenvalue weighted by Gasteiger charge is -2.62. The number of fused-ring (bicyclic) bond motifs is 6. The van der Waals surface area contributed by atoms with Crippen LogP contribution in [0.15, 0.2) is 75.9 Å². The van der Waals surface area contributed by atoms with E-state index in [1.807, 2.05) is 71.0 Å². The molecule has 11 heteroatoms. The Morgan fingerprint density at radius 3 is 2.38 bits per heavy atom. The molecule has 61 heavy (non-hydrogen) atoms. The van der Waals surface area contributed by atoms with Crippen molar-refractivity contribution < 1.29 is 42.9 Å². The Morgan fingerprint density at radius 1 is 0.967 bits per heavy atom. The highest BCUT2D eigenvalue weighted by atomic mass is 35.5. The number of halogens is 1. The van der Waals surface area contributed by atoms with Crippen molar-refractivity contribution in [3.05, 3.63) is 98.7 Å². The Morgan fingerprint density at radius 2 is 1.69 bits per heavy atom. The van der Waals surface area contributed by atoms with Crippen LogP contribution in [0.25, 0.3) is 11.8 Å². The maximum Gasteiger partial charge on any atom is 0.333 e. The molecule has 8 aliphatic rings. The first-order chi connectivity index (χ1) is 28.9. The molecule has 0 aromatic heterocycles. The van der Waals surface area contributed by atoms with Crippen LogP contribution in [0.5, 0.6) is 17.2 Å². The first kappa shape index (κ1) is 41.3. The zero-order valence-electron chi connectivity index (χ0n) is 36.2. The molecule has 2 aromatic rings. The average molecular weight is 846 g/mol. The van der Waals surface area contributed by atoms with Crippen LogP contribution < -0.4 is 14.2 Å². The third-order valence-corrected chi connectivity index (χ3v) is 14.2. The SMILES string of the molecule is COC(=O)/C(C)=C\CC12OC(C)(C)C3CC(C1=O)C1C4=C(N=C5c6ccccc6C(=O)C51)c1c(OC(=O)CCl)c5c(c(CC=C(C)C)c1OC432)OC(C)(CCC=C(C)C)C=C5. The lowest BCUT2D eigenvalue weighted by molar-refractivity contribution is -0.183. The summed E-state index contributed by atoms with van der Waals surface area (Å²) < 4.78 is 33.4. The third-order valence-electron chi connectivity index (χ3n) is 14.0. The van der Waals surface area contributed by atoms with Gasteiger partial charge in [-0.15, -0.1) is 11.6 Å². The molecule has 1 saturated heterocycles. The summed E-state index contributed by atoms with van der Waals surface area (Å²) in [4.78, 5) is 62.3. The maximum atomic E-state index is 15.7. The van der Waals surface area contributed by atoms with Gasteiger partial charge < -0.3 is 23.7 Å². The minimum Gasteiger partial charge on any atom is -0.482 e. The number of ketones is 2. The lowest BCUT2D eigenvalue weighted by atomic mass is 9.43. The molecule has 10 rings (SSSR count). The predicted octanol–water partition coefficient (Wildman–Crippen LogP) is 9.30. The van der Waals surface area contributed by atoms with E-state index in [1.54, 1.807) is 13.0 Å². The van der Waals surface area contributed by atoms with E-state index in [-0.39, 0.29) is 23.7 Å². The molecule has 4 bridgehead atoms. The van der Waals surface area contributed by atoms with Crippen LogP contribution in [0, 0.1) is 23.7 Å². The highest BCUT2D eigenvalue weighted by Gasteiger charge is 2.84. The summed E-state index contributed by atoms with van der Waals surface area (Å²) in [6, 6.07) is 7.45. The summed E-state index contributed by atoms with van der Waals surface area (Å²) in [7, 11) is 1.32. The van der Waals surface area contributed by atoms with Gasteiger partial charge in [-0.25, -0.2) is 4.79 Å². The van der Waals surface area contributed by atoms with Gasteiger partial charge in [-0.05, 0) is 93.2 Å². The van der Waals surface area contributed by atoms with E-state index in [1.165, 1.54) is 12.7 Å². The molecule has 0 N–H and O–H groups in total. The van der Waals surface area contributed by atoms with E-state index in [0.717, 1.165) is 12.0 Å². The zero-order valence-corrected chi connectivity index (χ0v) is 37.0. The van der Waals surface area contributed by atoms with Gasteiger partial charge in [-0.2, -0.15) is 0 Å². The molecular formula is C50H52ClNO9. The van der Waals surface area contributed by atoms with Crippen molar-refractivity contribution in [3.8, 4) is 17.2 Å². The van der Waals surface area contributed by atoms with Gasteiger partial charge >= 0.3 is 11.9 Å². The molecule has 318 valence electrons. The number of hydrogen-bond acceptors (Lipinski definition) is 10. The standard InChI is InChI=1S/C50H52ClNO9/c1-25(2)13-12-20-48(8)21-19-31-42(59-48)30(17-16-26(3)4)44-37(43(31)58-34(53)24-51)40-38-35(36-39(52-40)28-14-10-11-15-29(28)41(36)54)32-23-33-47(6,7)61-49(45(32)55,50(33,38)60-44)22-18-27(5)46(56)57-9/h10-11,13-16,18-19,21,32-33,35-36H,12,17,20,22-24H2,1-9H3/b27-18-. The van der Waals surface area contributed by atoms with Crippen LogP contribution >= 0.6 is 11.6 Å². The minimum absolute atomic E-state index is 0.00144. The van der Waals surface area contributed by atoms with E-state index in [2.05, 4.69) is 26.0 Å². The summed E-state index contributed by atoms with van der Waals surface area (Å²) in [5.74, 6) is -3.25. The van der Waals surface area contributed by atoms with Crippen molar-refractivity contribution in [2.75, 3.05) is 13.0 Å². The Hall–Kier alpha value is -5.06. The van der Waals surface area contributed by atoms with Gasteiger partial charge in [-0.1, -0.05) is 53.6 Å². The van der Waals surface area contributed by atoms with Crippen molar-refractivity contribution in [1.82, 2.24) is 0 Å². The number of ether oxygens (including phenoxy) is 5. The van der Waals surface area contributed by atoms with Gasteiger partial charge in [0.15, 0.2) is 28.5 Å². The van der Waals surface area contributed by atoms with Crippen LogP contribution in [-0.4, -0.2) is 64.6 Å². The fourth-order valence-electron chi connectivity index (χ4n) is 11.4. The molecule has 2 aromatic carbocycles. The number of benzene rings is 2. The predicted molar refractivity (Wildman–Crippen MR) is 232 cm³/mol. The molecule has 7 atom stereocenters. The van der Waals surface area contributed by atoms with E-state index >= 15 is 4.79 Å². The number of rotatable bonds is 10. The topological polar surface area (TPSA) is 127 Å². The van der Waals surface area contributed by atoms with Gasteiger partial charge in [0.1, 0.15) is 23.0 Å². The minimum atomic E-state index is -1.63. The molecule has 4 heterocycles. The van der Waals surface area contributed by atoms with Crippen molar-refractivity contribution in [2.45, 2.75) is 110 Å². The van der Waals surface area contributed by atoms with Gasteiger partial charge in [-0.3, -0.25) is 19.4 Å². The van der Waals surface area contributed by atoms with E-state index in [4.69, 9.17) is 40.3 Å². The highest BCUT2D eigenvalue weighted by Crippen LogP contribution is 2.74. The van der Waals surface area contributed by atoms with Gasteiger partial charge in [0.2, 0.25) is 0 Å². The number of methoxy groups -OCH3 is 1. The number of Topliss-reactive ketones (excluding diaryl/α,β-unsaturated/α-hetero) is 2. The third kappa shape index (κ3) is 5.80. The van der Waals surface area contributed by atoms with Crippen molar-refractivity contribution in [2.24, 2.45) is 28.7 Å². The zero-order chi connectivity index (χ0) is 43.6. The molecule has 3 saturated carbocycles. The number of esters is 2. The Bertz CT molecular complexity index is 2550. The van der Waals surface area contributed by atoms with Gasteiger partial charge in [0.25, 0.3) is 0 Å². The van der Waals surface area contributed by atoms with Crippen LogP contribution in [0.4, 0.5) is 0 Å². The molecule has 4 aliphatic heterocycles. The average Bonchev–Trinajstić information content (AvgIpc) is 3.58. The Kier molecular flexibility index (Phi) is 9.64. The second kappa shape index (κ2) is 14.2. The highest BCUT2D eigenvalue weighted by molar-refractivity contribution is 6.31. The number of carbonyl (C=O) groups excluding carboxylic acids is 4. The van der Waals surface area contributed by atoms with Crippen LogP contribution in [0.1, 0.15) is 114 Å². The summed E-state index contributed by atoms with van der Waals surface area (Å²) in [6.07, 6.45) is 12.2. The first-order valence-electron chi connectivity index (χ1n) is 21.2. The molecule has 4 aliphatic carbocycles. The maximum absolute atomic E-state index is 15.7. The first-order valence-corrected chi connectivity index (χ1v) is 21.8. The summed E-state index contributed by atoms with van der Waals surface area (Å²) in [6.45, 7) is 15.8. The number of aliphatic imine (C=N–C) groups is 1. The van der Waals surface area contributed by atoms with Crippen LogP contribution in [0.2, 0.25) is 0 Å². The fraction of sp³-hybridized carbons (Fsp3) is 0.460. The molecule has 4 fully saturated rings. The number of allylic oxidation sites excluding steroid dienone is 4. The quantitative estimate of drug-likeness (QED) is 0.0756. The number of hydrogen-bond donors (Lipinski definition) is 0. The Labute approximate surface area is 361 Å². The lowest BCUT2D eigenvalue weighted by Crippen LogP contribution is -2.75. The molecule has 1 spiro atoms. The van der Waals surface area contributed by atoms with E-state index in [0.29, 0.717) is 81.1 Å². The monoisotopic (exact) mass is 845 g/mol. The van der Waals surface area contributed by atoms with Crippen molar-refractivity contribution in [1.29, 1.82) is 0 Å². The molecule has 7 unspecified atom stereocenters. The smallest absolute Gasteiger partial charge is 0.333 e. The number of carbonyl (C=O) groups is 4. The van der Waals surface area contributed by atoms with Crippen molar-refractivity contribution in [3.63, 3.8) is 0 Å². The van der Waals surface area contributed by atoms with E-state index in [9.17, 15) is 14.4 Å². The van der Waals surface area contributed by atoms with Crippen LogP contribution in [-0.2, 0) is 30.3 Å². The van der Waals surface area contributed by atoms with E-state index < -0.39 is 63.9 Å². The van der Waals surface area contributed by atoms with Crippen LogP contribution in [0.3, 0.4) is 0 Å². The van der Waals surface area contributed by atoms with Gasteiger partial charge in [0, 0.05) is 52.0 Å². The second-order valence-corrected chi connectivity index (χ2v) is 19.1. The summed E-state index contributed by atoms with van der Waals surface area (Å²) in [5.41, 5.74) is 2.52. The second-order valence-electron chi connectivity index (χ2n) is 18.8. The number of nitrogens with zero attached hydrogens (tertiary/aromatic N) is 1. The molecule has 0 amide bonds. The fourth-order valence-corrected chi connectivity index (χ4v) is 11.5. The molecular weight excluding hydrogens is 794 g/mol. The Balaban J connectivity index is 1.40. The van der Waals surface area contributed by atoms with Gasteiger partial charge in [0.05, 0.1) is 41.2 Å². The normalized spacial score (nSPS) is 30.2. The largest absolute Gasteiger partial charge is 0.482 e. The molecule has 10 nitrogen and oxygen atoms in total. The number of alkyl halides is 1. The summed E-state index contributed by atoms with van der Waals surface area (Å²) >= 11 is 6.19. The summed E-state index contributed by atoms with van der Waals surface area (Å²) in [5, 5.41) is 0.